The van der Waals surface area contributed by atoms with Crippen LogP contribution < -0.4 is 5.32 Å². The van der Waals surface area contributed by atoms with Crippen LogP contribution in [0.15, 0.2) is 6.20 Å². The van der Waals surface area contributed by atoms with Gasteiger partial charge in [-0.15, -0.1) is 0 Å². The Bertz CT molecular complexity index is 440. The molecule has 0 bridgehead atoms. The molecule has 0 saturated heterocycles. The van der Waals surface area contributed by atoms with E-state index in [0.29, 0.717) is 22.6 Å². The number of halogens is 1. The lowest BCUT2D eigenvalue weighted by molar-refractivity contribution is 0.0948. The zero-order chi connectivity index (χ0) is 14.4. The van der Waals surface area contributed by atoms with Crippen molar-refractivity contribution in [1.29, 1.82) is 0 Å². The summed E-state index contributed by atoms with van der Waals surface area (Å²) in [6.07, 6.45) is 4.47. The van der Waals surface area contributed by atoms with Crippen molar-refractivity contribution in [3.8, 4) is 0 Å². The van der Waals surface area contributed by atoms with Crippen LogP contribution >= 0.6 is 23.4 Å². The van der Waals surface area contributed by atoms with Crippen molar-refractivity contribution in [3.05, 3.63) is 22.7 Å². The van der Waals surface area contributed by atoms with Crippen LogP contribution in [0, 0.1) is 0 Å². The number of nitrogens with zero attached hydrogens (tertiary/aromatic N) is 2. The van der Waals surface area contributed by atoms with E-state index < -0.39 is 0 Å². The molecule has 0 aliphatic heterocycles. The highest BCUT2D eigenvalue weighted by Crippen LogP contribution is 2.16. The SMILES string of the molecule is CSC(C)CCNC(=O)c1nc(C(C)C)ncc1Cl. The fourth-order valence-electron chi connectivity index (χ4n) is 1.41. The van der Waals surface area contributed by atoms with Gasteiger partial charge in [0.15, 0.2) is 0 Å². The van der Waals surface area contributed by atoms with E-state index in [1.165, 1.54) is 6.20 Å². The highest BCUT2D eigenvalue weighted by molar-refractivity contribution is 7.99. The first-order valence-electron chi connectivity index (χ1n) is 6.29. The standard InChI is InChI=1S/C13H20ClN3OS/c1-8(2)12-16-7-10(14)11(17-12)13(18)15-6-5-9(3)19-4/h7-9H,5-6H2,1-4H3,(H,15,18). The summed E-state index contributed by atoms with van der Waals surface area (Å²) in [5.74, 6) is 0.565. The van der Waals surface area contributed by atoms with Crippen molar-refractivity contribution >= 4 is 29.3 Å². The number of carbonyl (C=O) groups is 1. The average molecular weight is 302 g/mol. The van der Waals surface area contributed by atoms with Gasteiger partial charge in [0.05, 0.1) is 11.2 Å². The number of nitrogens with one attached hydrogen (secondary N) is 1. The Hall–Kier alpha value is -0.810. The zero-order valence-electron chi connectivity index (χ0n) is 11.7. The van der Waals surface area contributed by atoms with Crippen molar-refractivity contribution in [2.24, 2.45) is 0 Å². The average Bonchev–Trinajstić information content (AvgIpc) is 2.38. The number of thioether (sulfide) groups is 1. The Balaban J connectivity index is 2.68. The van der Waals surface area contributed by atoms with Crippen LogP contribution in [-0.4, -0.2) is 33.9 Å². The molecule has 1 atom stereocenters. The molecule has 0 aliphatic rings. The maximum Gasteiger partial charge on any atom is 0.271 e. The van der Waals surface area contributed by atoms with E-state index in [1.54, 1.807) is 11.8 Å². The molecule has 4 nitrogen and oxygen atoms in total. The van der Waals surface area contributed by atoms with Gasteiger partial charge in [-0.25, -0.2) is 9.97 Å². The van der Waals surface area contributed by atoms with Gasteiger partial charge in [-0.2, -0.15) is 11.8 Å². The molecule has 1 amide bonds. The largest absolute Gasteiger partial charge is 0.351 e. The fraction of sp³-hybridized carbons (Fsp3) is 0.615. The number of hydrogen-bond acceptors (Lipinski definition) is 4. The van der Waals surface area contributed by atoms with Crippen LogP contribution in [0.4, 0.5) is 0 Å². The van der Waals surface area contributed by atoms with E-state index in [2.05, 4.69) is 28.5 Å². The van der Waals surface area contributed by atoms with Crippen LogP contribution in [0.5, 0.6) is 0 Å². The molecular weight excluding hydrogens is 282 g/mol. The molecular formula is C13H20ClN3OS. The van der Waals surface area contributed by atoms with Gasteiger partial charge in [0.25, 0.3) is 5.91 Å². The van der Waals surface area contributed by atoms with E-state index in [0.717, 1.165) is 6.42 Å². The monoisotopic (exact) mass is 301 g/mol. The van der Waals surface area contributed by atoms with Crippen molar-refractivity contribution in [2.75, 3.05) is 12.8 Å². The van der Waals surface area contributed by atoms with E-state index >= 15 is 0 Å². The molecule has 1 aromatic heterocycles. The summed E-state index contributed by atoms with van der Waals surface area (Å²) < 4.78 is 0. The normalized spacial score (nSPS) is 12.5. The Morgan fingerprint density at radius 2 is 2.16 bits per heavy atom. The van der Waals surface area contributed by atoms with E-state index in [-0.39, 0.29) is 17.5 Å². The van der Waals surface area contributed by atoms with E-state index in [1.807, 2.05) is 13.8 Å². The molecule has 6 heteroatoms. The zero-order valence-corrected chi connectivity index (χ0v) is 13.3. The molecule has 1 heterocycles. The molecule has 0 radical (unpaired) electrons. The second kappa shape index (κ2) is 7.70. The smallest absolute Gasteiger partial charge is 0.271 e. The number of hydrogen-bond donors (Lipinski definition) is 1. The molecule has 19 heavy (non-hydrogen) atoms. The fourth-order valence-corrected chi connectivity index (χ4v) is 1.94. The molecule has 106 valence electrons. The first kappa shape index (κ1) is 16.2. The summed E-state index contributed by atoms with van der Waals surface area (Å²) in [6, 6.07) is 0. The lowest BCUT2D eigenvalue weighted by Crippen LogP contribution is -2.27. The van der Waals surface area contributed by atoms with E-state index in [9.17, 15) is 4.79 Å². The Kier molecular flexibility index (Phi) is 6.58. The lowest BCUT2D eigenvalue weighted by atomic mass is 10.2. The number of rotatable bonds is 6. The van der Waals surface area contributed by atoms with Gasteiger partial charge in [0.1, 0.15) is 11.5 Å². The maximum atomic E-state index is 12.0. The van der Waals surface area contributed by atoms with Gasteiger partial charge in [0, 0.05) is 17.7 Å². The molecule has 1 aromatic rings. The summed E-state index contributed by atoms with van der Waals surface area (Å²) in [4.78, 5) is 20.4. The van der Waals surface area contributed by atoms with Crippen molar-refractivity contribution in [2.45, 2.75) is 38.4 Å². The van der Waals surface area contributed by atoms with Crippen LogP contribution in [0.1, 0.15) is 49.4 Å². The maximum absolute atomic E-state index is 12.0. The third-order valence-corrected chi connectivity index (χ3v) is 4.05. The van der Waals surface area contributed by atoms with Crippen LogP contribution in [-0.2, 0) is 0 Å². The Labute approximate surface area is 123 Å². The van der Waals surface area contributed by atoms with Crippen molar-refractivity contribution < 1.29 is 4.79 Å². The third-order valence-electron chi connectivity index (χ3n) is 2.73. The minimum Gasteiger partial charge on any atom is -0.351 e. The van der Waals surface area contributed by atoms with Crippen LogP contribution in [0.25, 0.3) is 0 Å². The molecule has 0 fully saturated rings. The minimum absolute atomic E-state index is 0.167. The predicted molar refractivity (Wildman–Crippen MR) is 81.1 cm³/mol. The molecule has 1 unspecified atom stereocenters. The van der Waals surface area contributed by atoms with Crippen LogP contribution in [0.2, 0.25) is 5.02 Å². The topological polar surface area (TPSA) is 54.9 Å². The van der Waals surface area contributed by atoms with Gasteiger partial charge < -0.3 is 5.32 Å². The first-order valence-corrected chi connectivity index (χ1v) is 7.95. The summed E-state index contributed by atoms with van der Waals surface area (Å²) in [5, 5.41) is 3.66. The number of amides is 1. The second-order valence-electron chi connectivity index (χ2n) is 4.67. The lowest BCUT2D eigenvalue weighted by Gasteiger charge is -2.10. The van der Waals surface area contributed by atoms with E-state index in [4.69, 9.17) is 11.6 Å². The predicted octanol–water partition coefficient (Wildman–Crippen LogP) is 3.12. The van der Waals surface area contributed by atoms with Gasteiger partial charge in [-0.3, -0.25) is 4.79 Å². The van der Waals surface area contributed by atoms with Crippen molar-refractivity contribution in [3.63, 3.8) is 0 Å². The highest BCUT2D eigenvalue weighted by Gasteiger charge is 2.15. The Morgan fingerprint density at radius 3 is 2.74 bits per heavy atom. The van der Waals surface area contributed by atoms with Gasteiger partial charge >= 0.3 is 0 Å². The van der Waals surface area contributed by atoms with Gasteiger partial charge in [-0.05, 0) is 12.7 Å². The van der Waals surface area contributed by atoms with Crippen molar-refractivity contribution in [1.82, 2.24) is 15.3 Å². The summed E-state index contributed by atoms with van der Waals surface area (Å²) in [7, 11) is 0. The molecule has 0 aromatic carbocycles. The quantitative estimate of drug-likeness (QED) is 0.877. The number of aromatic nitrogens is 2. The number of carbonyl (C=O) groups excluding carboxylic acids is 1. The summed E-state index contributed by atoms with van der Waals surface area (Å²) in [5.41, 5.74) is 0.261. The third kappa shape index (κ3) is 4.99. The van der Waals surface area contributed by atoms with Gasteiger partial charge in [0.2, 0.25) is 0 Å². The summed E-state index contributed by atoms with van der Waals surface area (Å²) >= 11 is 7.75. The molecule has 1 N–H and O–H groups in total. The second-order valence-corrected chi connectivity index (χ2v) is 6.35. The highest BCUT2D eigenvalue weighted by atomic mass is 35.5. The minimum atomic E-state index is -0.234. The molecule has 1 rings (SSSR count). The summed E-state index contributed by atoms with van der Waals surface area (Å²) in [6.45, 7) is 6.71. The molecule has 0 aliphatic carbocycles. The van der Waals surface area contributed by atoms with Crippen LogP contribution in [0.3, 0.4) is 0 Å². The molecule has 0 spiro atoms. The first-order chi connectivity index (χ1) is 8.95. The van der Waals surface area contributed by atoms with Gasteiger partial charge in [-0.1, -0.05) is 32.4 Å². The molecule has 0 saturated carbocycles. The Morgan fingerprint density at radius 1 is 1.47 bits per heavy atom.